The summed E-state index contributed by atoms with van der Waals surface area (Å²) >= 11 is 0. The van der Waals surface area contributed by atoms with E-state index in [0.717, 1.165) is 32.5 Å². The van der Waals surface area contributed by atoms with Crippen molar-refractivity contribution in [2.45, 2.75) is 37.8 Å². The van der Waals surface area contributed by atoms with Crippen LogP contribution in [0.4, 0.5) is 0 Å². The molecule has 1 aromatic heterocycles. The maximum absolute atomic E-state index is 12.5. The predicted octanol–water partition coefficient (Wildman–Crippen LogP) is 0.493. The molecule has 0 saturated carbocycles. The van der Waals surface area contributed by atoms with Gasteiger partial charge in [-0.05, 0) is 19.8 Å². The number of rotatable bonds is 2. The summed E-state index contributed by atoms with van der Waals surface area (Å²) in [7, 11) is 0. The molecular weight excluding hydrogens is 256 g/mol. The molecule has 0 radical (unpaired) electrons. The van der Waals surface area contributed by atoms with Crippen molar-refractivity contribution >= 4 is 5.91 Å². The summed E-state index contributed by atoms with van der Waals surface area (Å²) in [6.07, 6.45) is 5.56. The smallest absolute Gasteiger partial charge is 0.242 e. The van der Waals surface area contributed by atoms with E-state index in [2.05, 4.69) is 15.3 Å². The number of ether oxygens (including phenoxy) is 1. The van der Waals surface area contributed by atoms with Gasteiger partial charge in [-0.15, -0.1) is 0 Å². The highest BCUT2D eigenvalue weighted by Crippen LogP contribution is 2.26. The number of imidazole rings is 1. The second kappa shape index (κ2) is 5.93. The Kier molecular flexibility index (Phi) is 4.03. The standard InChI is InChI=1S/C14H22N4O2/c1-10-13(16-4-7-20-10)14(19)18-5-2-11(3-6-18)12-8-15-9-17-12/h8-11,13,16H,2-7H2,1H3,(H,15,17)/t10-,13+/m1/s1. The van der Waals surface area contributed by atoms with Crippen LogP contribution in [0.1, 0.15) is 31.4 Å². The number of carbonyl (C=O) groups excluding carboxylic acids is 1. The van der Waals surface area contributed by atoms with Crippen molar-refractivity contribution in [1.29, 1.82) is 0 Å². The van der Waals surface area contributed by atoms with E-state index in [1.807, 2.05) is 18.0 Å². The number of hydrogen-bond acceptors (Lipinski definition) is 4. The van der Waals surface area contributed by atoms with Gasteiger partial charge in [0.2, 0.25) is 5.91 Å². The number of hydrogen-bond donors (Lipinski definition) is 2. The molecule has 6 nitrogen and oxygen atoms in total. The summed E-state index contributed by atoms with van der Waals surface area (Å²) in [5.41, 5.74) is 1.18. The fourth-order valence-electron chi connectivity index (χ4n) is 3.11. The molecule has 0 aliphatic carbocycles. The van der Waals surface area contributed by atoms with Crippen LogP contribution in [0.25, 0.3) is 0 Å². The molecular formula is C14H22N4O2. The fraction of sp³-hybridized carbons (Fsp3) is 0.714. The molecule has 2 atom stereocenters. The van der Waals surface area contributed by atoms with Gasteiger partial charge in [-0.25, -0.2) is 4.98 Å². The molecule has 0 spiro atoms. The molecule has 0 unspecified atom stereocenters. The van der Waals surface area contributed by atoms with Gasteiger partial charge in [-0.3, -0.25) is 4.79 Å². The lowest BCUT2D eigenvalue weighted by atomic mass is 9.93. The molecule has 110 valence electrons. The number of H-pyrrole nitrogens is 1. The van der Waals surface area contributed by atoms with E-state index in [9.17, 15) is 4.79 Å². The van der Waals surface area contributed by atoms with Gasteiger partial charge in [-0.2, -0.15) is 0 Å². The van der Waals surface area contributed by atoms with Gasteiger partial charge in [0.25, 0.3) is 0 Å². The van der Waals surface area contributed by atoms with Crippen LogP contribution in [-0.4, -0.2) is 59.2 Å². The predicted molar refractivity (Wildman–Crippen MR) is 74.3 cm³/mol. The summed E-state index contributed by atoms with van der Waals surface area (Å²) in [5.74, 6) is 0.676. The zero-order valence-corrected chi connectivity index (χ0v) is 11.8. The zero-order valence-electron chi connectivity index (χ0n) is 11.8. The molecule has 1 amide bonds. The molecule has 6 heteroatoms. The second-order valence-corrected chi connectivity index (χ2v) is 5.61. The van der Waals surface area contributed by atoms with Gasteiger partial charge in [0, 0.05) is 37.4 Å². The number of nitrogens with zero attached hydrogens (tertiary/aromatic N) is 2. The number of aromatic amines is 1. The van der Waals surface area contributed by atoms with E-state index >= 15 is 0 Å². The van der Waals surface area contributed by atoms with Gasteiger partial charge in [0.15, 0.2) is 0 Å². The number of piperidine rings is 1. The van der Waals surface area contributed by atoms with Crippen LogP contribution >= 0.6 is 0 Å². The highest BCUT2D eigenvalue weighted by atomic mass is 16.5. The fourth-order valence-corrected chi connectivity index (χ4v) is 3.11. The van der Waals surface area contributed by atoms with E-state index < -0.39 is 0 Å². The van der Waals surface area contributed by atoms with Crippen molar-refractivity contribution in [2.24, 2.45) is 0 Å². The van der Waals surface area contributed by atoms with Crippen molar-refractivity contribution in [1.82, 2.24) is 20.2 Å². The van der Waals surface area contributed by atoms with Gasteiger partial charge in [-0.1, -0.05) is 0 Å². The van der Waals surface area contributed by atoms with Gasteiger partial charge in [0.1, 0.15) is 6.04 Å². The molecule has 3 rings (SSSR count). The van der Waals surface area contributed by atoms with E-state index in [-0.39, 0.29) is 18.1 Å². The van der Waals surface area contributed by atoms with Gasteiger partial charge < -0.3 is 19.9 Å². The number of amides is 1. The minimum absolute atomic E-state index is 0.0402. The van der Waals surface area contributed by atoms with Crippen LogP contribution in [0.15, 0.2) is 12.5 Å². The average Bonchev–Trinajstić information content (AvgIpc) is 3.01. The minimum atomic E-state index is -0.188. The molecule has 2 saturated heterocycles. The third-order valence-corrected chi connectivity index (χ3v) is 4.35. The lowest BCUT2D eigenvalue weighted by molar-refractivity contribution is -0.140. The first-order valence-electron chi connectivity index (χ1n) is 7.38. The molecule has 2 aliphatic rings. The first kappa shape index (κ1) is 13.6. The Bertz CT molecular complexity index is 440. The number of nitrogens with one attached hydrogen (secondary N) is 2. The van der Waals surface area contributed by atoms with E-state index in [1.54, 1.807) is 6.33 Å². The quantitative estimate of drug-likeness (QED) is 0.826. The topological polar surface area (TPSA) is 70.2 Å². The Balaban J connectivity index is 1.56. The van der Waals surface area contributed by atoms with Crippen molar-refractivity contribution in [3.05, 3.63) is 18.2 Å². The van der Waals surface area contributed by atoms with Crippen LogP contribution in [0.5, 0.6) is 0 Å². The third kappa shape index (κ3) is 2.71. The van der Waals surface area contributed by atoms with E-state index in [0.29, 0.717) is 12.5 Å². The SMILES string of the molecule is C[C@H]1OCCN[C@@H]1C(=O)N1CCC(c2cnc[nH]2)CC1. The highest BCUT2D eigenvalue weighted by molar-refractivity contribution is 5.82. The van der Waals surface area contributed by atoms with Crippen molar-refractivity contribution < 1.29 is 9.53 Å². The lowest BCUT2D eigenvalue weighted by Gasteiger charge is -2.37. The minimum Gasteiger partial charge on any atom is -0.375 e. The number of aromatic nitrogens is 2. The van der Waals surface area contributed by atoms with Crippen LogP contribution < -0.4 is 5.32 Å². The van der Waals surface area contributed by atoms with Crippen LogP contribution in [-0.2, 0) is 9.53 Å². The summed E-state index contributed by atoms with van der Waals surface area (Å²) in [5, 5.41) is 3.27. The van der Waals surface area contributed by atoms with E-state index in [1.165, 1.54) is 5.69 Å². The Labute approximate surface area is 118 Å². The molecule has 1 aromatic rings. The molecule has 20 heavy (non-hydrogen) atoms. The Morgan fingerprint density at radius 1 is 1.45 bits per heavy atom. The zero-order chi connectivity index (χ0) is 13.9. The van der Waals surface area contributed by atoms with Crippen molar-refractivity contribution in [3.8, 4) is 0 Å². The molecule has 2 aliphatic heterocycles. The number of morpholine rings is 1. The van der Waals surface area contributed by atoms with Crippen LogP contribution in [0, 0.1) is 0 Å². The van der Waals surface area contributed by atoms with E-state index in [4.69, 9.17) is 4.74 Å². The number of carbonyl (C=O) groups is 1. The molecule has 2 N–H and O–H groups in total. The molecule has 2 fully saturated rings. The molecule has 3 heterocycles. The molecule has 0 bridgehead atoms. The second-order valence-electron chi connectivity index (χ2n) is 5.61. The van der Waals surface area contributed by atoms with Crippen molar-refractivity contribution in [3.63, 3.8) is 0 Å². The highest BCUT2D eigenvalue weighted by Gasteiger charge is 2.33. The van der Waals surface area contributed by atoms with Gasteiger partial charge >= 0.3 is 0 Å². The van der Waals surface area contributed by atoms with Crippen LogP contribution in [0.2, 0.25) is 0 Å². The first-order chi connectivity index (χ1) is 9.75. The van der Waals surface area contributed by atoms with Gasteiger partial charge in [0.05, 0.1) is 19.0 Å². The average molecular weight is 278 g/mol. The normalized spacial score (nSPS) is 28.6. The Morgan fingerprint density at radius 3 is 2.90 bits per heavy atom. The lowest BCUT2D eigenvalue weighted by Crippen LogP contribution is -2.57. The Hall–Kier alpha value is -1.40. The summed E-state index contributed by atoms with van der Waals surface area (Å²) in [6.45, 7) is 5.03. The maximum Gasteiger partial charge on any atom is 0.242 e. The third-order valence-electron chi connectivity index (χ3n) is 4.35. The summed E-state index contributed by atoms with van der Waals surface area (Å²) in [4.78, 5) is 21.7. The van der Waals surface area contributed by atoms with Crippen molar-refractivity contribution in [2.75, 3.05) is 26.2 Å². The van der Waals surface area contributed by atoms with Crippen LogP contribution in [0.3, 0.4) is 0 Å². The monoisotopic (exact) mass is 278 g/mol. The Morgan fingerprint density at radius 2 is 2.25 bits per heavy atom. The summed E-state index contributed by atoms with van der Waals surface area (Å²) in [6, 6.07) is -0.188. The first-order valence-corrected chi connectivity index (χ1v) is 7.38. The number of likely N-dealkylation sites (tertiary alicyclic amines) is 1. The molecule has 0 aromatic carbocycles. The summed E-state index contributed by atoms with van der Waals surface area (Å²) < 4.78 is 5.56. The maximum atomic E-state index is 12.5. The largest absolute Gasteiger partial charge is 0.375 e.